The lowest BCUT2D eigenvalue weighted by atomic mass is 9.87. The molecule has 2 nitrogen and oxygen atoms in total. The van der Waals surface area contributed by atoms with Crippen molar-refractivity contribution in [2.24, 2.45) is 5.92 Å². The molecule has 0 spiro atoms. The summed E-state index contributed by atoms with van der Waals surface area (Å²) in [5.74, 6) is 0.338. The first kappa shape index (κ1) is 7.56. The van der Waals surface area contributed by atoms with E-state index in [0.29, 0.717) is 12.0 Å². The Hall–Kier alpha value is -0.550. The Morgan fingerprint density at radius 1 is 1.30 bits per heavy atom. The van der Waals surface area contributed by atoms with Crippen LogP contribution in [0.25, 0.3) is 0 Å². The summed E-state index contributed by atoms with van der Waals surface area (Å²) in [5, 5.41) is 11.8. The molecular formula is C8H14N2. The Labute approximate surface area is 62.2 Å². The van der Waals surface area contributed by atoms with Crippen LogP contribution in [0.4, 0.5) is 0 Å². The third kappa shape index (κ3) is 1.71. The van der Waals surface area contributed by atoms with Gasteiger partial charge in [-0.1, -0.05) is 0 Å². The van der Waals surface area contributed by atoms with Crippen LogP contribution in [0.2, 0.25) is 0 Å². The van der Waals surface area contributed by atoms with E-state index in [1.165, 1.54) is 12.8 Å². The largest absolute Gasteiger partial charge is 0.317 e. The van der Waals surface area contributed by atoms with E-state index in [2.05, 4.69) is 11.4 Å². The average molecular weight is 138 g/mol. The van der Waals surface area contributed by atoms with Gasteiger partial charge in [0.05, 0.1) is 6.07 Å². The van der Waals surface area contributed by atoms with Crippen molar-refractivity contribution in [1.29, 1.82) is 5.26 Å². The van der Waals surface area contributed by atoms with Crippen LogP contribution in [0.15, 0.2) is 0 Å². The molecule has 0 aliphatic heterocycles. The zero-order valence-electron chi connectivity index (χ0n) is 6.43. The second kappa shape index (κ2) is 3.58. The molecule has 0 aromatic heterocycles. The van der Waals surface area contributed by atoms with Gasteiger partial charge in [-0.05, 0) is 32.7 Å². The predicted molar refractivity (Wildman–Crippen MR) is 40.4 cm³/mol. The number of hydrogen-bond donors (Lipinski definition) is 1. The summed E-state index contributed by atoms with van der Waals surface area (Å²) in [7, 11) is 2.00. The third-order valence-corrected chi connectivity index (χ3v) is 2.32. The van der Waals surface area contributed by atoms with E-state index in [9.17, 15) is 0 Å². The molecule has 0 aromatic carbocycles. The van der Waals surface area contributed by atoms with E-state index in [1.54, 1.807) is 0 Å². The molecule has 0 saturated heterocycles. The standard InChI is InChI=1S/C8H14N2/c1-10-8-4-2-7(6-9)3-5-8/h7-8,10H,2-5H2,1H3/t7-,8-. The van der Waals surface area contributed by atoms with Gasteiger partial charge in [-0.25, -0.2) is 0 Å². The van der Waals surface area contributed by atoms with Gasteiger partial charge in [0.15, 0.2) is 0 Å². The van der Waals surface area contributed by atoms with E-state index in [0.717, 1.165) is 12.8 Å². The quantitative estimate of drug-likeness (QED) is 0.592. The van der Waals surface area contributed by atoms with Crippen molar-refractivity contribution < 1.29 is 0 Å². The summed E-state index contributed by atoms with van der Waals surface area (Å²) in [6.07, 6.45) is 4.52. The first-order valence-corrected chi connectivity index (χ1v) is 3.93. The van der Waals surface area contributed by atoms with Crippen molar-refractivity contribution in [3.05, 3.63) is 0 Å². The van der Waals surface area contributed by atoms with Gasteiger partial charge in [-0.2, -0.15) is 5.26 Å². The van der Waals surface area contributed by atoms with Gasteiger partial charge in [-0.3, -0.25) is 0 Å². The highest BCUT2D eigenvalue weighted by molar-refractivity contribution is 4.88. The second-order valence-electron chi connectivity index (χ2n) is 2.97. The fraction of sp³-hybridized carbons (Fsp3) is 0.875. The highest BCUT2D eigenvalue weighted by atomic mass is 14.9. The molecule has 0 atom stereocenters. The second-order valence-corrected chi connectivity index (χ2v) is 2.97. The molecule has 1 N–H and O–H groups in total. The molecular weight excluding hydrogens is 124 g/mol. The molecule has 0 bridgehead atoms. The number of nitrogens with one attached hydrogen (secondary N) is 1. The summed E-state index contributed by atoms with van der Waals surface area (Å²) in [6.45, 7) is 0. The highest BCUT2D eigenvalue weighted by Gasteiger charge is 2.18. The fourth-order valence-corrected chi connectivity index (χ4v) is 1.51. The van der Waals surface area contributed by atoms with Gasteiger partial charge < -0.3 is 5.32 Å². The minimum absolute atomic E-state index is 0.338. The van der Waals surface area contributed by atoms with E-state index in [1.807, 2.05) is 7.05 Å². The van der Waals surface area contributed by atoms with Crippen molar-refractivity contribution in [1.82, 2.24) is 5.32 Å². The molecule has 1 fully saturated rings. The molecule has 0 unspecified atom stereocenters. The predicted octanol–water partition coefficient (Wildman–Crippen LogP) is 1.29. The number of rotatable bonds is 1. The first-order valence-electron chi connectivity index (χ1n) is 3.93. The van der Waals surface area contributed by atoms with Gasteiger partial charge in [-0.15, -0.1) is 0 Å². The lowest BCUT2D eigenvalue weighted by molar-refractivity contribution is 0.347. The highest BCUT2D eigenvalue weighted by Crippen LogP contribution is 2.22. The summed E-state index contributed by atoms with van der Waals surface area (Å²) in [4.78, 5) is 0. The maximum atomic E-state index is 8.58. The van der Waals surface area contributed by atoms with Crippen molar-refractivity contribution in [3.8, 4) is 6.07 Å². The summed E-state index contributed by atoms with van der Waals surface area (Å²) < 4.78 is 0. The van der Waals surface area contributed by atoms with Crippen LogP contribution in [0.1, 0.15) is 25.7 Å². The van der Waals surface area contributed by atoms with Gasteiger partial charge >= 0.3 is 0 Å². The molecule has 1 rings (SSSR count). The summed E-state index contributed by atoms with van der Waals surface area (Å²) in [5.41, 5.74) is 0. The van der Waals surface area contributed by atoms with Gasteiger partial charge in [0.1, 0.15) is 0 Å². The Bertz CT molecular complexity index is 129. The van der Waals surface area contributed by atoms with E-state index >= 15 is 0 Å². The molecule has 0 radical (unpaired) electrons. The van der Waals surface area contributed by atoms with Crippen LogP contribution in [0.5, 0.6) is 0 Å². The molecule has 2 heteroatoms. The normalized spacial score (nSPS) is 33.2. The van der Waals surface area contributed by atoms with Gasteiger partial charge in [0, 0.05) is 12.0 Å². The number of nitriles is 1. The molecule has 0 amide bonds. The van der Waals surface area contributed by atoms with Crippen LogP contribution in [0, 0.1) is 17.2 Å². The first-order chi connectivity index (χ1) is 4.86. The Morgan fingerprint density at radius 2 is 1.90 bits per heavy atom. The molecule has 0 heterocycles. The van der Waals surface area contributed by atoms with Gasteiger partial charge in [0.25, 0.3) is 0 Å². The van der Waals surface area contributed by atoms with Crippen LogP contribution in [0.3, 0.4) is 0 Å². The maximum absolute atomic E-state index is 8.58. The minimum atomic E-state index is 0.338. The van der Waals surface area contributed by atoms with Crippen molar-refractivity contribution in [3.63, 3.8) is 0 Å². The Morgan fingerprint density at radius 3 is 2.30 bits per heavy atom. The SMILES string of the molecule is CN[C@H]1CC[C@H](C#N)CC1. The Kier molecular flexibility index (Phi) is 2.70. The minimum Gasteiger partial charge on any atom is -0.317 e. The smallest absolute Gasteiger partial charge is 0.0655 e. The molecule has 56 valence electrons. The van der Waals surface area contributed by atoms with Crippen molar-refractivity contribution >= 4 is 0 Å². The van der Waals surface area contributed by atoms with Crippen LogP contribution < -0.4 is 5.32 Å². The summed E-state index contributed by atoms with van der Waals surface area (Å²) >= 11 is 0. The molecule has 1 aliphatic rings. The Balaban J connectivity index is 2.25. The third-order valence-electron chi connectivity index (χ3n) is 2.32. The van der Waals surface area contributed by atoms with Crippen LogP contribution in [-0.2, 0) is 0 Å². The number of nitrogens with zero attached hydrogens (tertiary/aromatic N) is 1. The van der Waals surface area contributed by atoms with E-state index in [-0.39, 0.29) is 0 Å². The van der Waals surface area contributed by atoms with Crippen LogP contribution >= 0.6 is 0 Å². The average Bonchev–Trinajstić information content (AvgIpc) is 2.05. The number of hydrogen-bond acceptors (Lipinski definition) is 2. The molecule has 0 aromatic rings. The van der Waals surface area contributed by atoms with Crippen molar-refractivity contribution in [2.45, 2.75) is 31.7 Å². The topological polar surface area (TPSA) is 35.8 Å². The lowest BCUT2D eigenvalue weighted by Gasteiger charge is -2.23. The summed E-state index contributed by atoms with van der Waals surface area (Å²) in [6, 6.07) is 2.99. The maximum Gasteiger partial charge on any atom is 0.0655 e. The molecule has 10 heavy (non-hydrogen) atoms. The van der Waals surface area contributed by atoms with E-state index in [4.69, 9.17) is 5.26 Å². The van der Waals surface area contributed by atoms with Gasteiger partial charge in [0.2, 0.25) is 0 Å². The molecule has 1 saturated carbocycles. The van der Waals surface area contributed by atoms with Crippen molar-refractivity contribution in [2.75, 3.05) is 7.05 Å². The van der Waals surface area contributed by atoms with E-state index < -0.39 is 0 Å². The zero-order valence-corrected chi connectivity index (χ0v) is 6.43. The zero-order chi connectivity index (χ0) is 7.40. The monoisotopic (exact) mass is 138 g/mol. The molecule has 1 aliphatic carbocycles. The lowest BCUT2D eigenvalue weighted by Crippen LogP contribution is -2.29. The van der Waals surface area contributed by atoms with Crippen LogP contribution in [-0.4, -0.2) is 13.1 Å². The fourth-order valence-electron chi connectivity index (χ4n) is 1.51.